The van der Waals surface area contributed by atoms with E-state index in [4.69, 9.17) is 0 Å². The van der Waals surface area contributed by atoms with Crippen molar-refractivity contribution in [2.24, 2.45) is 0 Å². The molecule has 1 unspecified atom stereocenters. The minimum absolute atomic E-state index is 0.0394. The van der Waals surface area contributed by atoms with Crippen molar-refractivity contribution in [2.45, 2.75) is 33.2 Å². The number of hydrogen-bond donors (Lipinski definition) is 1. The van der Waals surface area contributed by atoms with Crippen molar-refractivity contribution < 1.29 is 4.79 Å². The van der Waals surface area contributed by atoms with Gasteiger partial charge >= 0.3 is 0 Å². The molecule has 0 aliphatic rings. The molecule has 0 bridgehead atoms. The van der Waals surface area contributed by atoms with Crippen LogP contribution in [0.5, 0.6) is 0 Å². The van der Waals surface area contributed by atoms with E-state index in [2.05, 4.69) is 41.5 Å². The molecule has 4 heteroatoms. The molecule has 1 aromatic heterocycles. The van der Waals surface area contributed by atoms with Crippen LogP contribution in [0.2, 0.25) is 0 Å². The normalized spacial score (nSPS) is 12.0. The van der Waals surface area contributed by atoms with Crippen LogP contribution in [-0.2, 0) is 6.42 Å². The topological polar surface area (TPSA) is 42.0 Å². The van der Waals surface area contributed by atoms with Gasteiger partial charge < -0.3 is 5.32 Å². The Kier molecular flexibility index (Phi) is 5.29. The van der Waals surface area contributed by atoms with Crippen LogP contribution in [0, 0.1) is 6.92 Å². The summed E-state index contributed by atoms with van der Waals surface area (Å²) >= 11 is 1.45. The van der Waals surface area contributed by atoms with Crippen LogP contribution in [0.4, 0.5) is 0 Å². The van der Waals surface area contributed by atoms with E-state index in [0.29, 0.717) is 4.88 Å². The van der Waals surface area contributed by atoms with Crippen molar-refractivity contribution in [1.29, 1.82) is 0 Å². The van der Waals surface area contributed by atoms with E-state index in [1.54, 1.807) is 0 Å². The summed E-state index contributed by atoms with van der Waals surface area (Å²) in [6.45, 7) is 6.02. The minimum Gasteiger partial charge on any atom is -0.345 e. The molecule has 3 nitrogen and oxygen atoms in total. The van der Waals surface area contributed by atoms with E-state index in [0.717, 1.165) is 28.2 Å². The van der Waals surface area contributed by atoms with Gasteiger partial charge in [0.2, 0.25) is 0 Å². The SMILES string of the molecule is CCc1ccc(-c2nc(C)c(C(=O)NC(C)c3ccccc3)s2)cc1. The van der Waals surface area contributed by atoms with Crippen LogP contribution in [0.25, 0.3) is 10.6 Å². The largest absolute Gasteiger partial charge is 0.345 e. The van der Waals surface area contributed by atoms with E-state index in [9.17, 15) is 4.79 Å². The molecule has 0 radical (unpaired) electrons. The van der Waals surface area contributed by atoms with Crippen molar-refractivity contribution in [3.63, 3.8) is 0 Å². The van der Waals surface area contributed by atoms with Gasteiger partial charge in [-0.05, 0) is 31.4 Å². The van der Waals surface area contributed by atoms with Crippen LogP contribution in [0.1, 0.15) is 46.4 Å². The summed E-state index contributed by atoms with van der Waals surface area (Å²) in [5.41, 5.74) is 4.22. The van der Waals surface area contributed by atoms with Crippen molar-refractivity contribution in [1.82, 2.24) is 10.3 Å². The van der Waals surface area contributed by atoms with Crippen LogP contribution < -0.4 is 5.32 Å². The fourth-order valence-corrected chi connectivity index (χ4v) is 3.68. The van der Waals surface area contributed by atoms with Gasteiger partial charge in [0.05, 0.1) is 11.7 Å². The second kappa shape index (κ2) is 7.62. The number of hydrogen-bond acceptors (Lipinski definition) is 3. The zero-order valence-corrected chi connectivity index (χ0v) is 15.6. The first kappa shape index (κ1) is 17.4. The first-order valence-electron chi connectivity index (χ1n) is 8.51. The molecule has 2 aromatic carbocycles. The minimum atomic E-state index is -0.0669. The number of carbonyl (C=O) groups is 1. The highest BCUT2D eigenvalue weighted by Crippen LogP contribution is 2.28. The summed E-state index contributed by atoms with van der Waals surface area (Å²) in [4.78, 5) is 17.9. The van der Waals surface area contributed by atoms with Crippen LogP contribution in [0.3, 0.4) is 0 Å². The quantitative estimate of drug-likeness (QED) is 0.689. The van der Waals surface area contributed by atoms with Gasteiger partial charge in [0.15, 0.2) is 0 Å². The molecule has 3 rings (SSSR count). The number of carbonyl (C=O) groups excluding carboxylic acids is 1. The number of nitrogens with one attached hydrogen (secondary N) is 1. The number of nitrogens with zero attached hydrogens (tertiary/aromatic N) is 1. The average Bonchev–Trinajstić information content (AvgIpc) is 3.04. The summed E-state index contributed by atoms with van der Waals surface area (Å²) in [7, 11) is 0. The number of benzene rings is 2. The maximum atomic E-state index is 12.7. The van der Waals surface area contributed by atoms with Gasteiger partial charge in [-0.2, -0.15) is 0 Å². The predicted octanol–water partition coefficient (Wildman–Crippen LogP) is 5.17. The number of rotatable bonds is 5. The molecule has 3 aromatic rings. The molecule has 0 saturated carbocycles. The van der Waals surface area contributed by atoms with Crippen LogP contribution in [0.15, 0.2) is 54.6 Å². The first-order chi connectivity index (χ1) is 12.1. The van der Waals surface area contributed by atoms with Crippen molar-refractivity contribution in [3.8, 4) is 10.6 Å². The van der Waals surface area contributed by atoms with Crippen molar-refractivity contribution in [2.75, 3.05) is 0 Å². The Balaban J connectivity index is 1.78. The summed E-state index contributed by atoms with van der Waals surface area (Å²) in [6.07, 6.45) is 1.02. The van der Waals surface area contributed by atoms with Gasteiger partial charge in [0.1, 0.15) is 9.88 Å². The van der Waals surface area contributed by atoms with Gasteiger partial charge in [0, 0.05) is 5.56 Å². The molecule has 1 heterocycles. The summed E-state index contributed by atoms with van der Waals surface area (Å²) in [5, 5.41) is 3.95. The predicted molar refractivity (Wildman–Crippen MR) is 104 cm³/mol. The van der Waals surface area contributed by atoms with E-state index >= 15 is 0 Å². The Morgan fingerprint density at radius 2 is 1.80 bits per heavy atom. The number of aryl methyl sites for hydroxylation is 2. The molecule has 0 saturated heterocycles. The Hall–Kier alpha value is -2.46. The fourth-order valence-electron chi connectivity index (χ4n) is 2.70. The lowest BCUT2D eigenvalue weighted by molar-refractivity contribution is 0.0943. The molecule has 0 aliphatic heterocycles. The first-order valence-corrected chi connectivity index (χ1v) is 9.32. The van der Waals surface area contributed by atoms with E-state index in [-0.39, 0.29) is 11.9 Å². The Labute approximate surface area is 152 Å². The number of amides is 1. The Morgan fingerprint density at radius 3 is 2.44 bits per heavy atom. The zero-order valence-electron chi connectivity index (χ0n) is 14.7. The maximum Gasteiger partial charge on any atom is 0.263 e. The molecule has 0 aliphatic carbocycles. The third-order valence-corrected chi connectivity index (χ3v) is 5.46. The summed E-state index contributed by atoms with van der Waals surface area (Å²) < 4.78 is 0. The second-order valence-electron chi connectivity index (χ2n) is 6.09. The fraction of sp³-hybridized carbons (Fsp3) is 0.238. The highest BCUT2D eigenvalue weighted by atomic mass is 32.1. The monoisotopic (exact) mass is 350 g/mol. The summed E-state index contributed by atoms with van der Waals surface area (Å²) in [5.74, 6) is -0.0669. The zero-order chi connectivity index (χ0) is 17.8. The molecule has 25 heavy (non-hydrogen) atoms. The molecule has 128 valence electrons. The van der Waals surface area contributed by atoms with Gasteiger partial charge in [0.25, 0.3) is 5.91 Å². The number of aromatic nitrogens is 1. The van der Waals surface area contributed by atoms with Gasteiger partial charge in [-0.15, -0.1) is 11.3 Å². The lowest BCUT2D eigenvalue weighted by Crippen LogP contribution is -2.26. The highest BCUT2D eigenvalue weighted by Gasteiger charge is 2.18. The number of thiazole rings is 1. The van der Waals surface area contributed by atoms with Crippen LogP contribution in [-0.4, -0.2) is 10.9 Å². The summed E-state index contributed by atoms with van der Waals surface area (Å²) in [6, 6.07) is 18.3. The molecule has 0 spiro atoms. The Bertz CT molecular complexity index is 853. The molecule has 0 fully saturated rings. The van der Waals surface area contributed by atoms with E-state index in [1.165, 1.54) is 16.9 Å². The Morgan fingerprint density at radius 1 is 1.12 bits per heavy atom. The molecule has 1 amide bonds. The van der Waals surface area contributed by atoms with Crippen molar-refractivity contribution >= 4 is 17.2 Å². The lowest BCUT2D eigenvalue weighted by atomic mass is 10.1. The van der Waals surface area contributed by atoms with E-state index < -0.39 is 0 Å². The average molecular weight is 350 g/mol. The second-order valence-corrected chi connectivity index (χ2v) is 7.09. The molecule has 1 N–H and O–H groups in total. The lowest BCUT2D eigenvalue weighted by Gasteiger charge is -2.13. The molecular formula is C21H22N2OS. The van der Waals surface area contributed by atoms with E-state index in [1.807, 2.05) is 44.2 Å². The third-order valence-electron chi connectivity index (χ3n) is 4.26. The van der Waals surface area contributed by atoms with Crippen LogP contribution >= 0.6 is 11.3 Å². The standard InChI is InChI=1S/C21H22N2OS/c1-4-16-10-12-18(13-11-16)21-23-15(3)19(25-21)20(24)22-14(2)17-8-6-5-7-9-17/h5-14H,4H2,1-3H3,(H,22,24). The smallest absolute Gasteiger partial charge is 0.263 e. The molecule has 1 atom stereocenters. The van der Waals surface area contributed by atoms with Gasteiger partial charge in [-0.3, -0.25) is 4.79 Å². The van der Waals surface area contributed by atoms with Gasteiger partial charge in [-0.1, -0.05) is 61.5 Å². The molecular weight excluding hydrogens is 328 g/mol. The maximum absolute atomic E-state index is 12.7. The van der Waals surface area contributed by atoms with Gasteiger partial charge in [-0.25, -0.2) is 4.98 Å². The highest BCUT2D eigenvalue weighted by molar-refractivity contribution is 7.17. The third kappa shape index (κ3) is 3.97. The van der Waals surface area contributed by atoms with Crippen molar-refractivity contribution in [3.05, 3.63) is 76.3 Å².